The molecule has 0 amide bonds. The van der Waals surface area contributed by atoms with Gasteiger partial charge in [-0.2, -0.15) is 13.2 Å². The second-order valence-corrected chi connectivity index (χ2v) is 3.10. The lowest BCUT2D eigenvalue weighted by molar-refractivity contribution is -0.149. The van der Waals surface area contributed by atoms with Crippen LogP contribution in [0.4, 0.5) is 26.3 Å². The molecular weight excluding hydrogens is 236 g/mol. The van der Waals surface area contributed by atoms with Crippen molar-refractivity contribution in [2.75, 3.05) is 0 Å². The molecule has 90 valence electrons. The fourth-order valence-electron chi connectivity index (χ4n) is 1.11. The Hall–Kier alpha value is -1.24. The molecule has 0 saturated heterocycles. The SMILES string of the molecule is N[C@H](c1ccc(F)c(C(F)F)c1)C(F)(F)F. The lowest BCUT2D eigenvalue weighted by Gasteiger charge is -2.16. The molecule has 0 spiro atoms. The minimum atomic E-state index is -4.75. The van der Waals surface area contributed by atoms with Crippen LogP contribution in [0, 0.1) is 5.82 Å². The van der Waals surface area contributed by atoms with E-state index in [0.29, 0.717) is 12.1 Å². The Balaban J connectivity index is 3.13. The van der Waals surface area contributed by atoms with Crippen LogP contribution >= 0.6 is 0 Å². The van der Waals surface area contributed by atoms with Crippen molar-refractivity contribution in [2.24, 2.45) is 5.73 Å². The van der Waals surface area contributed by atoms with E-state index in [-0.39, 0.29) is 0 Å². The van der Waals surface area contributed by atoms with Gasteiger partial charge in [0.05, 0.1) is 5.56 Å². The van der Waals surface area contributed by atoms with E-state index in [1.807, 2.05) is 0 Å². The third kappa shape index (κ3) is 2.66. The van der Waals surface area contributed by atoms with E-state index >= 15 is 0 Å². The van der Waals surface area contributed by atoms with Crippen LogP contribution in [0.5, 0.6) is 0 Å². The minimum Gasteiger partial charge on any atom is -0.316 e. The smallest absolute Gasteiger partial charge is 0.316 e. The summed E-state index contributed by atoms with van der Waals surface area (Å²) in [5.74, 6) is -1.26. The Morgan fingerprint density at radius 3 is 2.12 bits per heavy atom. The van der Waals surface area contributed by atoms with Crippen molar-refractivity contribution in [2.45, 2.75) is 18.6 Å². The van der Waals surface area contributed by atoms with Gasteiger partial charge in [0.25, 0.3) is 6.43 Å². The average Bonchev–Trinajstić information content (AvgIpc) is 2.15. The molecule has 0 aromatic heterocycles. The van der Waals surface area contributed by atoms with Gasteiger partial charge in [-0.3, -0.25) is 0 Å². The lowest BCUT2D eigenvalue weighted by atomic mass is 10.0. The topological polar surface area (TPSA) is 26.0 Å². The summed E-state index contributed by atoms with van der Waals surface area (Å²) in [5, 5.41) is 0. The molecule has 1 aromatic carbocycles. The minimum absolute atomic E-state index is 0.429. The molecule has 1 aromatic rings. The van der Waals surface area contributed by atoms with Crippen LogP contribution in [-0.2, 0) is 0 Å². The van der Waals surface area contributed by atoms with E-state index in [2.05, 4.69) is 0 Å². The molecular formula is C9H7F6N. The van der Waals surface area contributed by atoms with Gasteiger partial charge < -0.3 is 5.73 Å². The lowest BCUT2D eigenvalue weighted by Crippen LogP contribution is -2.28. The van der Waals surface area contributed by atoms with E-state index in [1.165, 1.54) is 0 Å². The van der Waals surface area contributed by atoms with Gasteiger partial charge in [0.2, 0.25) is 0 Å². The zero-order chi connectivity index (χ0) is 12.5. The molecule has 0 bridgehead atoms. The molecule has 1 nitrogen and oxygen atoms in total. The highest BCUT2D eigenvalue weighted by molar-refractivity contribution is 5.28. The first-order valence-corrected chi connectivity index (χ1v) is 4.13. The van der Waals surface area contributed by atoms with Crippen LogP contribution in [0.15, 0.2) is 18.2 Å². The third-order valence-electron chi connectivity index (χ3n) is 1.97. The van der Waals surface area contributed by atoms with Crippen LogP contribution < -0.4 is 5.73 Å². The van der Waals surface area contributed by atoms with Gasteiger partial charge in [-0.1, -0.05) is 6.07 Å². The summed E-state index contributed by atoms with van der Waals surface area (Å²) < 4.78 is 73.7. The highest BCUT2D eigenvalue weighted by atomic mass is 19.4. The predicted octanol–water partition coefficient (Wildman–Crippen LogP) is 3.33. The van der Waals surface area contributed by atoms with Crippen molar-refractivity contribution < 1.29 is 26.3 Å². The van der Waals surface area contributed by atoms with Crippen LogP contribution in [0.1, 0.15) is 23.6 Å². The van der Waals surface area contributed by atoms with Crippen LogP contribution in [0.25, 0.3) is 0 Å². The Morgan fingerprint density at radius 1 is 1.12 bits per heavy atom. The molecule has 7 heteroatoms. The maximum absolute atomic E-state index is 12.8. The summed E-state index contributed by atoms with van der Waals surface area (Å²) in [6.07, 6.45) is -7.93. The van der Waals surface area contributed by atoms with Gasteiger partial charge in [0.1, 0.15) is 11.9 Å². The normalized spacial score (nSPS) is 14.2. The van der Waals surface area contributed by atoms with Crippen LogP contribution in [-0.4, -0.2) is 6.18 Å². The largest absolute Gasteiger partial charge is 0.407 e. The van der Waals surface area contributed by atoms with E-state index in [4.69, 9.17) is 5.73 Å². The number of hydrogen-bond donors (Lipinski definition) is 1. The van der Waals surface area contributed by atoms with Gasteiger partial charge in [-0.05, 0) is 17.7 Å². The molecule has 16 heavy (non-hydrogen) atoms. The van der Waals surface area contributed by atoms with Crippen molar-refractivity contribution in [3.8, 4) is 0 Å². The van der Waals surface area contributed by atoms with Gasteiger partial charge in [0, 0.05) is 0 Å². The summed E-state index contributed by atoms with van der Waals surface area (Å²) in [6.45, 7) is 0. The number of halogens is 6. The molecule has 1 rings (SSSR count). The molecule has 0 radical (unpaired) electrons. The van der Waals surface area contributed by atoms with Gasteiger partial charge >= 0.3 is 6.18 Å². The number of rotatable bonds is 2. The zero-order valence-electron chi connectivity index (χ0n) is 7.73. The number of nitrogens with two attached hydrogens (primary N) is 1. The second-order valence-electron chi connectivity index (χ2n) is 3.10. The summed E-state index contributed by atoms with van der Waals surface area (Å²) in [6, 6.07) is -0.689. The van der Waals surface area contributed by atoms with Crippen molar-refractivity contribution in [1.29, 1.82) is 0 Å². The molecule has 0 fully saturated rings. The summed E-state index contributed by atoms with van der Waals surface area (Å²) in [7, 11) is 0. The van der Waals surface area contributed by atoms with E-state index in [1.54, 1.807) is 0 Å². The number of alkyl halides is 5. The monoisotopic (exact) mass is 243 g/mol. The first kappa shape index (κ1) is 12.8. The quantitative estimate of drug-likeness (QED) is 0.792. The number of hydrogen-bond acceptors (Lipinski definition) is 1. The summed E-state index contributed by atoms with van der Waals surface area (Å²) >= 11 is 0. The van der Waals surface area contributed by atoms with E-state index < -0.39 is 35.6 Å². The fraction of sp³-hybridized carbons (Fsp3) is 0.333. The number of benzene rings is 1. The van der Waals surface area contributed by atoms with Gasteiger partial charge in [-0.15, -0.1) is 0 Å². The summed E-state index contributed by atoms with van der Waals surface area (Å²) in [5.41, 5.74) is 3.12. The molecule has 0 heterocycles. The van der Waals surface area contributed by atoms with E-state index in [9.17, 15) is 26.3 Å². The van der Waals surface area contributed by atoms with E-state index in [0.717, 1.165) is 6.07 Å². The molecule has 0 aliphatic carbocycles. The molecule has 0 unspecified atom stereocenters. The maximum atomic E-state index is 12.8. The molecule has 0 aliphatic rings. The molecule has 0 saturated carbocycles. The van der Waals surface area contributed by atoms with Crippen molar-refractivity contribution in [1.82, 2.24) is 0 Å². The first-order chi connectivity index (χ1) is 7.23. The predicted molar refractivity (Wildman–Crippen MR) is 44.3 cm³/mol. The standard InChI is InChI=1S/C9H7F6N/c10-6-2-1-4(3-5(6)8(11)12)7(16)9(13,14)15/h1-3,7-8H,16H2/t7-/m1/s1. The zero-order valence-corrected chi connectivity index (χ0v) is 7.73. The fourth-order valence-corrected chi connectivity index (χ4v) is 1.11. The Bertz CT molecular complexity index is 373. The van der Waals surface area contributed by atoms with Gasteiger partial charge in [0.15, 0.2) is 0 Å². The maximum Gasteiger partial charge on any atom is 0.407 e. The molecule has 2 N–H and O–H groups in total. The Kier molecular flexibility index (Phi) is 3.47. The van der Waals surface area contributed by atoms with Crippen LogP contribution in [0.3, 0.4) is 0 Å². The molecule has 1 atom stereocenters. The molecule has 0 aliphatic heterocycles. The Labute approximate surface area is 86.9 Å². The highest BCUT2D eigenvalue weighted by Gasteiger charge is 2.38. The third-order valence-corrected chi connectivity index (χ3v) is 1.97. The van der Waals surface area contributed by atoms with Crippen molar-refractivity contribution in [3.63, 3.8) is 0 Å². The highest BCUT2D eigenvalue weighted by Crippen LogP contribution is 2.32. The van der Waals surface area contributed by atoms with Crippen LogP contribution in [0.2, 0.25) is 0 Å². The summed E-state index contributed by atoms with van der Waals surface area (Å²) in [4.78, 5) is 0. The van der Waals surface area contributed by atoms with Crippen molar-refractivity contribution in [3.05, 3.63) is 35.1 Å². The Morgan fingerprint density at radius 2 is 1.69 bits per heavy atom. The first-order valence-electron chi connectivity index (χ1n) is 4.13. The van der Waals surface area contributed by atoms with Crippen molar-refractivity contribution >= 4 is 0 Å². The van der Waals surface area contributed by atoms with Gasteiger partial charge in [-0.25, -0.2) is 13.2 Å². The average molecular weight is 243 g/mol. The second kappa shape index (κ2) is 4.32.